The first-order chi connectivity index (χ1) is 13.1. The third-order valence-corrected chi connectivity index (χ3v) is 7.40. The lowest BCUT2D eigenvalue weighted by atomic mass is 9.49. The second kappa shape index (κ2) is 6.77. The molecule has 0 radical (unpaired) electrons. The molecule has 0 atom stereocenters. The molecule has 5 heteroatoms. The van der Waals surface area contributed by atoms with Gasteiger partial charge in [-0.3, -0.25) is 9.48 Å². The first-order valence-corrected chi connectivity index (χ1v) is 10.9. The van der Waals surface area contributed by atoms with Crippen LogP contribution in [0.25, 0.3) is 0 Å². The van der Waals surface area contributed by atoms with Crippen LogP contribution in [-0.4, -0.2) is 15.7 Å². The molecule has 142 valence electrons. The van der Waals surface area contributed by atoms with Gasteiger partial charge in [0.25, 0.3) is 0 Å². The monoisotopic (exact) mass is 427 g/mol. The number of hydrogen-bond donors (Lipinski definition) is 1. The van der Waals surface area contributed by atoms with Crippen LogP contribution in [-0.2, 0) is 11.3 Å². The van der Waals surface area contributed by atoms with E-state index in [2.05, 4.69) is 38.5 Å². The zero-order valence-electron chi connectivity index (χ0n) is 15.5. The Bertz CT molecular complexity index is 806. The van der Waals surface area contributed by atoms with E-state index in [1.807, 2.05) is 23.0 Å². The molecule has 1 aromatic heterocycles. The SMILES string of the molecule is O=C(CC12CC3CC(CC(C3)C1)C2)Nc1cnn(Cc2ccc(Br)cc2)c1. The molecule has 0 saturated heterocycles. The van der Waals surface area contributed by atoms with Crippen LogP contribution in [0.2, 0.25) is 0 Å². The third kappa shape index (κ3) is 3.71. The number of nitrogens with zero attached hydrogens (tertiary/aromatic N) is 2. The van der Waals surface area contributed by atoms with Crippen molar-refractivity contribution in [3.63, 3.8) is 0 Å². The number of amides is 1. The molecular formula is C22H26BrN3O. The van der Waals surface area contributed by atoms with Crippen LogP contribution >= 0.6 is 15.9 Å². The highest BCUT2D eigenvalue weighted by atomic mass is 79.9. The molecule has 1 heterocycles. The fourth-order valence-corrected chi connectivity index (χ4v) is 6.61. The van der Waals surface area contributed by atoms with Crippen LogP contribution in [0.15, 0.2) is 41.1 Å². The van der Waals surface area contributed by atoms with E-state index in [4.69, 9.17) is 0 Å². The number of nitrogens with one attached hydrogen (secondary N) is 1. The minimum Gasteiger partial charge on any atom is -0.323 e. The van der Waals surface area contributed by atoms with E-state index in [0.29, 0.717) is 13.0 Å². The molecule has 4 bridgehead atoms. The van der Waals surface area contributed by atoms with Gasteiger partial charge >= 0.3 is 0 Å². The standard InChI is InChI=1S/C22H26BrN3O/c23-19-3-1-15(2-4-19)13-26-14-20(12-24-26)25-21(27)11-22-8-16-5-17(9-22)7-18(6-16)10-22/h1-4,12,14,16-18H,5-11,13H2,(H,25,27). The van der Waals surface area contributed by atoms with Crippen LogP contribution in [0.1, 0.15) is 50.5 Å². The summed E-state index contributed by atoms with van der Waals surface area (Å²) in [6.45, 7) is 0.706. The van der Waals surface area contributed by atoms with Gasteiger partial charge in [0.1, 0.15) is 0 Å². The van der Waals surface area contributed by atoms with Gasteiger partial charge in [0.2, 0.25) is 5.91 Å². The summed E-state index contributed by atoms with van der Waals surface area (Å²) >= 11 is 3.46. The van der Waals surface area contributed by atoms with Gasteiger partial charge in [-0.15, -0.1) is 0 Å². The van der Waals surface area contributed by atoms with Crippen LogP contribution < -0.4 is 5.32 Å². The Kier molecular flexibility index (Phi) is 4.38. The summed E-state index contributed by atoms with van der Waals surface area (Å²) in [6.07, 6.45) is 12.5. The first-order valence-electron chi connectivity index (χ1n) is 10.1. The summed E-state index contributed by atoms with van der Waals surface area (Å²) in [5, 5.41) is 7.51. The Labute approximate surface area is 168 Å². The molecule has 4 saturated carbocycles. The zero-order valence-corrected chi connectivity index (χ0v) is 17.1. The molecule has 4 fully saturated rings. The number of rotatable bonds is 5. The smallest absolute Gasteiger partial charge is 0.225 e. The van der Waals surface area contributed by atoms with Crippen molar-refractivity contribution < 1.29 is 4.79 Å². The minimum absolute atomic E-state index is 0.167. The molecule has 4 nitrogen and oxygen atoms in total. The first kappa shape index (κ1) is 17.5. The van der Waals surface area contributed by atoms with Crippen molar-refractivity contribution in [2.45, 2.75) is 51.5 Å². The van der Waals surface area contributed by atoms with Crippen LogP contribution in [0.4, 0.5) is 5.69 Å². The van der Waals surface area contributed by atoms with Crippen molar-refractivity contribution in [2.24, 2.45) is 23.2 Å². The molecule has 1 amide bonds. The molecule has 0 spiro atoms. The predicted octanol–water partition coefficient (Wildman–Crippen LogP) is 5.24. The molecule has 1 N–H and O–H groups in total. The maximum absolute atomic E-state index is 12.7. The molecule has 2 aromatic rings. The van der Waals surface area contributed by atoms with E-state index in [-0.39, 0.29) is 11.3 Å². The zero-order chi connectivity index (χ0) is 18.4. The van der Waals surface area contributed by atoms with E-state index in [0.717, 1.165) is 27.9 Å². The van der Waals surface area contributed by atoms with Crippen molar-refractivity contribution in [3.05, 3.63) is 46.7 Å². The van der Waals surface area contributed by atoms with Gasteiger partial charge in [0, 0.05) is 17.1 Å². The highest BCUT2D eigenvalue weighted by Gasteiger charge is 2.51. The largest absolute Gasteiger partial charge is 0.323 e. The molecule has 1 aromatic carbocycles. The van der Waals surface area contributed by atoms with E-state index < -0.39 is 0 Å². The molecule has 27 heavy (non-hydrogen) atoms. The van der Waals surface area contributed by atoms with Crippen molar-refractivity contribution in [1.82, 2.24) is 9.78 Å². The average molecular weight is 428 g/mol. The van der Waals surface area contributed by atoms with Gasteiger partial charge in [-0.2, -0.15) is 5.10 Å². The van der Waals surface area contributed by atoms with Gasteiger partial charge in [-0.1, -0.05) is 28.1 Å². The van der Waals surface area contributed by atoms with Crippen LogP contribution in [0.5, 0.6) is 0 Å². The van der Waals surface area contributed by atoms with Gasteiger partial charge in [0.05, 0.1) is 18.4 Å². The summed E-state index contributed by atoms with van der Waals surface area (Å²) in [6, 6.07) is 8.23. The number of aromatic nitrogens is 2. The topological polar surface area (TPSA) is 46.9 Å². The maximum atomic E-state index is 12.7. The van der Waals surface area contributed by atoms with E-state index >= 15 is 0 Å². The van der Waals surface area contributed by atoms with E-state index in [1.165, 1.54) is 44.1 Å². The second-order valence-corrected chi connectivity index (χ2v) is 10.1. The normalized spacial score (nSPS) is 31.2. The summed E-state index contributed by atoms with van der Waals surface area (Å²) in [5.74, 6) is 2.83. The fourth-order valence-electron chi connectivity index (χ4n) is 6.34. The number of carbonyl (C=O) groups is 1. The van der Waals surface area contributed by atoms with E-state index in [1.54, 1.807) is 6.20 Å². The second-order valence-electron chi connectivity index (χ2n) is 9.20. The lowest BCUT2D eigenvalue weighted by Crippen LogP contribution is -2.47. The molecule has 0 aliphatic heterocycles. The van der Waals surface area contributed by atoms with Crippen molar-refractivity contribution in [2.75, 3.05) is 5.32 Å². The lowest BCUT2D eigenvalue weighted by molar-refractivity contribution is -0.124. The van der Waals surface area contributed by atoms with Gasteiger partial charge in [-0.05, 0) is 79.4 Å². The minimum atomic E-state index is 0.167. The van der Waals surface area contributed by atoms with Crippen molar-refractivity contribution in [3.8, 4) is 0 Å². The maximum Gasteiger partial charge on any atom is 0.225 e. The Balaban J connectivity index is 1.20. The summed E-state index contributed by atoms with van der Waals surface area (Å²) in [5.41, 5.74) is 2.28. The molecule has 0 unspecified atom stereocenters. The van der Waals surface area contributed by atoms with Gasteiger partial charge in [-0.25, -0.2) is 0 Å². The number of carbonyl (C=O) groups excluding carboxylic acids is 1. The van der Waals surface area contributed by atoms with E-state index in [9.17, 15) is 4.79 Å². The fraction of sp³-hybridized carbons (Fsp3) is 0.545. The average Bonchev–Trinajstić information content (AvgIpc) is 3.02. The number of benzene rings is 1. The molecular weight excluding hydrogens is 402 g/mol. The highest BCUT2D eigenvalue weighted by molar-refractivity contribution is 9.10. The van der Waals surface area contributed by atoms with Gasteiger partial charge < -0.3 is 5.32 Å². The van der Waals surface area contributed by atoms with Gasteiger partial charge in [0.15, 0.2) is 0 Å². The highest BCUT2D eigenvalue weighted by Crippen LogP contribution is 2.61. The number of anilines is 1. The quantitative estimate of drug-likeness (QED) is 0.708. The number of hydrogen-bond acceptors (Lipinski definition) is 2. The summed E-state index contributed by atoms with van der Waals surface area (Å²) < 4.78 is 2.95. The molecule has 4 aliphatic rings. The van der Waals surface area contributed by atoms with Crippen LogP contribution in [0, 0.1) is 23.2 Å². The predicted molar refractivity (Wildman–Crippen MR) is 109 cm³/mol. The Morgan fingerprint density at radius 1 is 1.11 bits per heavy atom. The summed E-state index contributed by atoms with van der Waals surface area (Å²) in [7, 11) is 0. The Hall–Kier alpha value is -1.62. The van der Waals surface area contributed by atoms with Crippen LogP contribution in [0.3, 0.4) is 0 Å². The third-order valence-electron chi connectivity index (χ3n) is 6.88. The number of halogens is 1. The summed E-state index contributed by atoms with van der Waals surface area (Å²) in [4.78, 5) is 12.7. The molecule has 6 rings (SSSR count). The van der Waals surface area contributed by atoms with Crippen molar-refractivity contribution in [1.29, 1.82) is 0 Å². The lowest BCUT2D eigenvalue weighted by Gasteiger charge is -2.56. The Morgan fingerprint density at radius 2 is 1.74 bits per heavy atom. The Morgan fingerprint density at radius 3 is 2.37 bits per heavy atom. The van der Waals surface area contributed by atoms with Crippen molar-refractivity contribution >= 4 is 27.5 Å². The molecule has 4 aliphatic carbocycles.